The molecule has 0 saturated carbocycles. The van der Waals surface area contributed by atoms with E-state index in [1.165, 1.54) is 10.9 Å². The molecule has 0 unspecified atom stereocenters. The highest BCUT2D eigenvalue weighted by atomic mass is 16.1. The van der Waals surface area contributed by atoms with Crippen molar-refractivity contribution >= 4 is 16.7 Å². The summed E-state index contributed by atoms with van der Waals surface area (Å²) in [5.74, 6) is 0.289. The first-order valence-electron chi connectivity index (χ1n) is 6.15. The standard InChI is InChI=1S/C15H17NO/c1-10-11-6-4-5-7-12(11)16-9-8-15(2,3)14(17)13(10)16/h4-7H,8-9H2,1-3H3. The van der Waals surface area contributed by atoms with Crippen LogP contribution in [0.1, 0.15) is 36.3 Å². The van der Waals surface area contributed by atoms with E-state index in [2.05, 4.69) is 37.5 Å². The number of aryl methyl sites for hydroxylation is 2. The highest BCUT2D eigenvalue weighted by molar-refractivity contribution is 6.06. The van der Waals surface area contributed by atoms with E-state index in [1.807, 2.05) is 12.1 Å². The summed E-state index contributed by atoms with van der Waals surface area (Å²) in [6, 6.07) is 8.30. The summed E-state index contributed by atoms with van der Waals surface area (Å²) < 4.78 is 2.19. The molecular formula is C15H17NO. The van der Waals surface area contributed by atoms with Crippen LogP contribution in [0.4, 0.5) is 0 Å². The van der Waals surface area contributed by atoms with Gasteiger partial charge in [0, 0.05) is 22.9 Å². The van der Waals surface area contributed by atoms with Crippen molar-refractivity contribution < 1.29 is 4.79 Å². The van der Waals surface area contributed by atoms with Crippen LogP contribution >= 0.6 is 0 Å². The van der Waals surface area contributed by atoms with Gasteiger partial charge in [-0.2, -0.15) is 0 Å². The smallest absolute Gasteiger partial charge is 0.185 e. The van der Waals surface area contributed by atoms with Crippen LogP contribution in [0, 0.1) is 12.3 Å². The number of carbonyl (C=O) groups excluding carboxylic acids is 1. The first-order valence-corrected chi connectivity index (χ1v) is 6.15. The Morgan fingerprint density at radius 2 is 1.94 bits per heavy atom. The van der Waals surface area contributed by atoms with Crippen LogP contribution in [-0.4, -0.2) is 10.4 Å². The third-order valence-electron chi connectivity index (χ3n) is 4.01. The summed E-state index contributed by atoms with van der Waals surface area (Å²) >= 11 is 0. The van der Waals surface area contributed by atoms with Gasteiger partial charge in [-0.15, -0.1) is 0 Å². The minimum atomic E-state index is -0.213. The molecule has 0 radical (unpaired) electrons. The van der Waals surface area contributed by atoms with Gasteiger partial charge in [0.2, 0.25) is 0 Å². The van der Waals surface area contributed by atoms with Crippen molar-refractivity contribution in [3.63, 3.8) is 0 Å². The molecule has 0 atom stereocenters. The van der Waals surface area contributed by atoms with E-state index >= 15 is 0 Å². The van der Waals surface area contributed by atoms with Crippen LogP contribution < -0.4 is 0 Å². The normalized spacial score (nSPS) is 18.4. The maximum Gasteiger partial charge on any atom is 0.185 e. The number of hydrogen-bond acceptors (Lipinski definition) is 1. The zero-order chi connectivity index (χ0) is 12.2. The lowest BCUT2D eigenvalue weighted by Gasteiger charge is -2.30. The number of ketones is 1. The fourth-order valence-electron chi connectivity index (χ4n) is 2.83. The number of hydrogen-bond donors (Lipinski definition) is 0. The summed E-state index contributed by atoms with van der Waals surface area (Å²) in [6.07, 6.45) is 0.928. The Hall–Kier alpha value is -1.57. The molecule has 3 rings (SSSR count). The second-order valence-electron chi connectivity index (χ2n) is 5.61. The molecule has 1 aromatic heterocycles. The quantitative estimate of drug-likeness (QED) is 0.674. The SMILES string of the molecule is Cc1c2n(c3ccccc13)CCC(C)(C)C2=O. The van der Waals surface area contributed by atoms with Crippen LogP contribution in [0.5, 0.6) is 0 Å². The molecule has 0 saturated heterocycles. The van der Waals surface area contributed by atoms with Crippen molar-refractivity contribution in [1.82, 2.24) is 4.57 Å². The van der Waals surface area contributed by atoms with Crippen molar-refractivity contribution in [2.45, 2.75) is 33.7 Å². The highest BCUT2D eigenvalue weighted by Gasteiger charge is 2.36. The molecule has 0 N–H and O–H groups in total. The van der Waals surface area contributed by atoms with E-state index in [4.69, 9.17) is 0 Å². The predicted octanol–water partition coefficient (Wildman–Crippen LogP) is 3.56. The Kier molecular flexibility index (Phi) is 2.00. The molecule has 2 aromatic rings. The number of benzene rings is 1. The van der Waals surface area contributed by atoms with E-state index in [0.29, 0.717) is 0 Å². The van der Waals surface area contributed by atoms with Crippen LogP contribution in [-0.2, 0) is 6.54 Å². The van der Waals surface area contributed by atoms with Gasteiger partial charge in [-0.05, 0) is 25.0 Å². The van der Waals surface area contributed by atoms with Gasteiger partial charge in [-0.3, -0.25) is 4.79 Å². The fourth-order valence-corrected chi connectivity index (χ4v) is 2.83. The third kappa shape index (κ3) is 1.30. The van der Waals surface area contributed by atoms with Gasteiger partial charge in [0.25, 0.3) is 0 Å². The molecule has 1 aliphatic rings. The Morgan fingerprint density at radius 1 is 1.24 bits per heavy atom. The summed E-state index contributed by atoms with van der Waals surface area (Å²) in [7, 11) is 0. The molecule has 0 bridgehead atoms. The molecule has 0 aliphatic carbocycles. The average molecular weight is 227 g/mol. The van der Waals surface area contributed by atoms with Crippen LogP contribution in [0.2, 0.25) is 0 Å². The third-order valence-corrected chi connectivity index (χ3v) is 4.01. The predicted molar refractivity (Wildman–Crippen MR) is 69.4 cm³/mol. The molecule has 2 heteroatoms. The van der Waals surface area contributed by atoms with Gasteiger partial charge in [0.05, 0.1) is 5.69 Å². The molecule has 0 amide bonds. The van der Waals surface area contributed by atoms with Gasteiger partial charge in [0.15, 0.2) is 5.78 Å². The molecular weight excluding hydrogens is 210 g/mol. The first-order chi connectivity index (χ1) is 8.02. The summed E-state index contributed by atoms with van der Waals surface area (Å²) in [5, 5.41) is 1.22. The zero-order valence-electron chi connectivity index (χ0n) is 10.6. The Balaban J connectivity index is 2.37. The van der Waals surface area contributed by atoms with E-state index in [1.54, 1.807) is 0 Å². The number of nitrogens with zero attached hydrogens (tertiary/aromatic N) is 1. The molecule has 88 valence electrons. The van der Waals surface area contributed by atoms with Crippen molar-refractivity contribution in [2.75, 3.05) is 0 Å². The number of rotatable bonds is 0. The van der Waals surface area contributed by atoms with Gasteiger partial charge in [0.1, 0.15) is 0 Å². The van der Waals surface area contributed by atoms with Gasteiger partial charge in [-0.1, -0.05) is 32.0 Å². The largest absolute Gasteiger partial charge is 0.338 e. The highest BCUT2D eigenvalue weighted by Crippen LogP contribution is 2.37. The molecule has 0 fully saturated rings. The Bertz CT molecular complexity index is 619. The Labute approximate surface area is 101 Å². The molecule has 1 aromatic carbocycles. The minimum absolute atomic E-state index is 0.213. The van der Waals surface area contributed by atoms with Crippen molar-refractivity contribution in [1.29, 1.82) is 0 Å². The van der Waals surface area contributed by atoms with Gasteiger partial charge >= 0.3 is 0 Å². The van der Waals surface area contributed by atoms with Crippen LogP contribution in [0.15, 0.2) is 24.3 Å². The second kappa shape index (κ2) is 3.22. The van der Waals surface area contributed by atoms with E-state index in [9.17, 15) is 4.79 Å². The van der Waals surface area contributed by atoms with Crippen LogP contribution in [0.3, 0.4) is 0 Å². The summed E-state index contributed by atoms with van der Waals surface area (Å²) in [5.41, 5.74) is 3.04. The lowest BCUT2D eigenvalue weighted by atomic mass is 9.80. The topological polar surface area (TPSA) is 22.0 Å². The van der Waals surface area contributed by atoms with E-state index in [-0.39, 0.29) is 11.2 Å². The average Bonchev–Trinajstić information content (AvgIpc) is 2.59. The maximum absolute atomic E-state index is 12.5. The molecule has 1 aliphatic heterocycles. The minimum Gasteiger partial charge on any atom is -0.338 e. The number of para-hydroxylation sites is 1. The monoisotopic (exact) mass is 227 g/mol. The zero-order valence-corrected chi connectivity index (χ0v) is 10.6. The number of carbonyl (C=O) groups is 1. The van der Waals surface area contributed by atoms with Crippen molar-refractivity contribution in [3.05, 3.63) is 35.5 Å². The first kappa shape index (κ1) is 10.6. The van der Waals surface area contributed by atoms with E-state index < -0.39 is 0 Å². The molecule has 0 spiro atoms. The summed E-state index contributed by atoms with van der Waals surface area (Å²) in [4.78, 5) is 12.5. The lowest BCUT2D eigenvalue weighted by Crippen LogP contribution is -2.33. The van der Waals surface area contributed by atoms with Gasteiger partial charge in [-0.25, -0.2) is 0 Å². The molecule has 2 nitrogen and oxygen atoms in total. The van der Waals surface area contributed by atoms with Crippen molar-refractivity contribution in [2.24, 2.45) is 5.41 Å². The molecule has 2 heterocycles. The summed E-state index contributed by atoms with van der Waals surface area (Å²) in [6.45, 7) is 7.11. The number of fused-ring (bicyclic) bond motifs is 3. The van der Waals surface area contributed by atoms with Crippen molar-refractivity contribution in [3.8, 4) is 0 Å². The Morgan fingerprint density at radius 3 is 2.71 bits per heavy atom. The van der Waals surface area contributed by atoms with Gasteiger partial charge < -0.3 is 4.57 Å². The number of Topliss-reactive ketones (excluding diaryl/α,β-unsaturated/α-hetero) is 1. The maximum atomic E-state index is 12.5. The lowest BCUT2D eigenvalue weighted by molar-refractivity contribution is 0.0780. The van der Waals surface area contributed by atoms with Crippen LogP contribution in [0.25, 0.3) is 10.9 Å². The fraction of sp³-hybridized carbons (Fsp3) is 0.400. The second-order valence-corrected chi connectivity index (χ2v) is 5.61. The number of aromatic nitrogens is 1. The molecule has 17 heavy (non-hydrogen) atoms. The van der Waals surface area contributed by atoms with E-state index in [0.717, 1.165) is 24.2 Å².